The minimum Gasteiger partial charge on any atom is -0.367 e. The number of thiophene rings is 4. The number of hydrogen-bond donors (Lipinski definition) is 4. The van der Waals surface area contributed by atoms with Gasteiger partial charge in [0.05, 0.1) is 73.7 Å². The van der Waals surface area contributed by atoms with Crippen molar-refractivity contribution in [1.29, 1.82) is 15.8 Å². The number of aromatic nitrogens is 8. The maximum Gasteiger partial charge on any atom is 0.162 e. The molecular formula is C87H99F2N19S4. The Hall–Kier alpha value is -9.59. The molecule has 4 fully saturated rings. The van der Waals surface area contributed by atoms with Crippen LogP contribution in [0, 0.1) is 45.6 Å². The molecule has 0 radical (unpaired) electrons. The molecular weight excluding hydrogens is 1480 g/mol. The summed E-state index contributed by atoms with van der Waals surface area (Å²) in [4.78, 5) is 43.4. The molecule has 0 aliphatic carbocycles. The topological polar surface area (TPSA) is 236 Å². The third kappa shape index (κ3) is 21.4. The number of fused-ring (bicyclic) bond motifs is 4. The number of likely N-dealkylation sites (tertiary alicyclic amines) is 4. The molecule has 4 unspecified atom stereocenters. The van der Waals surface area contributed by atoms with Crippen LogP contribution >= 0.6 is 45.3 Å². The van der Waals surface area contributed by atoms with Crippen molar-refractivity contribution in [2.24, 2.45) is 0 Å². The van der Waals surface area contributed by atoms with Crippen LogP contribution in [-0.2, 0) is 26.1 Å². The fourth-order valence-corrected chi connectivity index (χ4v) is 15.5. The Morgan fingerprint density at radius 1 is 0.438 bits per heavy atom. The van der Waals surface area contributed by atoms with Crippen LogP contribution in [0.3, 0.4) is 0 Å². The summed E-state index contributed by atoms with van der Waals surface area (Å²) < 4.78 is 289. The molecule has 4 atom stereocenters. The van der Waals surface area contributed by atoms with Gasteiger partial charge in [-0.25, -0.2) is 48.7 Å². The predicted molar refractivity (Wildman–Crippen MR) is 454 cm³/mol. The summed E-state index contributed by atoms with van der Waals surface area (Å²) in [5, 5.41) is 32.6. The number of anilines is 4. The standard InChI is InChI=1S/C22H24FN5S.2C22H25N5S.C21H25FN4S/c1-14(2)20-10-18-21(25-13-26-22(18)29-20)27-17-5-7-28(8-6-17)12-15-3-4-19(23)16(9-15)11-24;2*1-15(2)20-11-19-21(24-14-25-22(19)28-20)26-18-6-8-27(9-7-18)13-17-5-3-4-16(10-17)12-23;1-14(2)19-11-18-20(23-13-24-21(18)27-19)25-17-6-8-26(9-7-17)12-15-4-3-5-16(22)10-15/h3-4,9-10,13-14,17H,5-8,12H2,1-2H3,(H,25,26,27);2*3-5,10-11,14-15,18H,6-9,13H2,1-2H3,(H,24,25,26);3-5,10-11,13-14,17H,6-9,12H2,1-2H3,(H,23,24,25)/i10D,12D,13D,14D,17D;4D,5D,10D,11D,13D,14D,15D,18D;4D,5D,10D,11D,13D,15D,18D;4D,5D,10D,11D,12D,14D,17D/hD4. The fourth-order valence-electron chi connectivity index (χ4n) is 11.9. The molecule has 4 aromatic carbocycles. The molecule has 112 heavy (non-hydrogen) atoms. The summed E-state index contributed by atoms with van der Waals surface area (Å²) in [7, 11) is 0. The minimum atomic E-state index is -1.49. The first-order valence-corrected chi connectivity index (χ1v) is 39.2. The molecule has 0 saturated carbocycles. The highest BCUT2D eigenvalue weighted by Crippen LogP contribution is 2.38. The zero-order valence-corrected chi connectivity index (χ0v) is 65.9. The average molecular weight is 1610 g/mol. The van der Waals surface area contributed by atoms with Crippen LogP contribution in [0.1, 0.15) is 226 Å². The van der Waals surface area contributed by atoms with Crippen LogP contribution in [0.2, 0.25) is 5.65 Å². The summed E-state index contributed by atoms with van der Waals surface area (Å²) in [6, 6.07) is 4.36. The first kappa shape index (κ1) is 49.8. The number of rotatable bonds is 20. The van der Waals surface area contributed by atoms with Gasteiger partial charge in [0.25, 0.3) is 0 Å². The van der Waals surface area contributed by atoms with Crippen molar-refractivity contribution in [3.8, 4) is 18.2 Å². The Balaban J connectivity index is 0.000000160. The third-order valence-electron chi connectivity index (χ3n) is 17.9. The molecule has 19 nitrogen and oxygen atoms in total. The summed E-state index contributed by atoms with van der Waals surface area (Å²) in [6.45, 7) is 10.8. The molecule has 8 aromatic heterocycles. The van der Waals surface area contributed by atoms with Gasteiger partial charge in [-0.1, -0.05) is 97.8 Å². The summed E-state index contributed by atoms with van der Waals surface area (Å²) >= 11 is 4.66. The number of piperidine rings is 4. The zero-order chi connectivity index (χ0) is 106. The van der Waals surface area contributed by atoms with Gasteiger partial charge < -0.3 is 21.2 Å². The summed E-state index contributed by atoms with van der Waals surface area (Å²) in [6.07, 6.45) is 3.06. The molecule has 4 aliphatic rings. The van der Waals surface area contributed by atoms with Crippen LogP contribution in [0.4, 0.5) is 32.1 Å². The summed E-state index contributed by atoms with van der Waals surface area (Å²) in [5.41, 5.74) is -0.0770. The van der Waals surface area contributed by atoms with Gasteiger partial charge in [0, 0.05) is 133 Å². The molecule has 25 heteroatoms. The molecule has 580 valence electrons. The Morgan fingerprint density at radius 3 is 1.10 bits per heavy atom. The van der Waals surface area contributed by atoms with E-state index in [1.807, 2.05) is 0 Å². The molecule has 4 N–H and O–H groups in total. The number of hydrogen-bond acceptors (Lipinski definition) is 23. The number of halogens is 2. The monoisotopic (exact) mass is 1610 g/mol. The van der Waals surface area contributed by atoms with Crippen LogP contribution in [0.5, 0.6) is 0 Å². The van der Waals surface area contributed by atoms with Gasteiger partial charge in [0.2, 0.25) is 0 Å². The zero-order valence-electron chi connectivity index (χ0n) is 93.6. The van der Waals surface area contributed by atoms with Crippen LogP contribution in [0.15, 0.2) is 140 Å². The van der Waals surface area contributed by atoms with Gasteiger partial charge in [0.15, 0.2) is 5.65 Å². The Morgan fingerprint density at radius 2 is 0.759 bits per heavy atom. The van der Waals surface area contributed by atoms with E-state index in [9.17, 15) is 19.3 Å². The minimum absolute atomic E-state index is 0.000167. The molecule has 12 heterocycles. The summed E-state index contributed by atoms with van der Waals surface area (Å²) in [5.74, 6) is -5.68. The van der Waals surface area contributed by atoms with Crippen LogP contribution in [-0.4, -0.2) is 136 Å². The lowest BCUT2D eigenvalue weighted by Gasteiger charge is -2.32. The second kappa shape index (κ2) is 38.3. The smallest absolute Gasteiger partial charge is 0.162 e. The maximum absolute atomic E-state index is 14.1. The Labute approximate surface area is 716 Å². The van der Waals surface area contributed by atoms with E-state index in [1.54, 1.807) is 93.2 Å². The molecule has 4 aliphatic heterocycles. The SMILES string of the molecule is [2H]c1cc([2H])c(C([2H])N2CCC([2H])(N([2H])c3ncnc4sc(C([2H])(C)C)c([2H])c34)CC2)c([2H])c1C#N.[2H]c1cc([2H])c(C([2H])N2CCC([2H])(N([2H])c3ncnc4sc(C([2H])(C)C)c([2H])c34)CC2)c([2H])c1F.[2H]c1nc(N([2H])C2([2H])CCN(C([2H])c3c([2H])cc([2H])c(C#N)c3[2H])CC2)c2c([2H])c(C([2H])(C)C)sc2n1.[2H]c1nc(N([2H])C2([2H])CCN(C([2H])c3ccc(F)c(C#N)c3)CC2)c2c([2H])c(C([2H])(C)C)sc2n1. The molecule has 0 bridgehead atoms. The van der Waals surface area contributed by atoms with Crippen molar-refractivity contribution in [1.82, 2.24) is 59.5 Å². The fraction of sp³-hybridized carbons (Fsp3) is 0.414. The average Bonchev–Trinajstić information content (AvgIpc) is 1.62. The highest BCUT2D eigenvalue weighted by atomic mass is 32.1. The highest BCUT2D eigenvalue weighted by molar-refractivity contribution is 7.19. The lowest BCUT2D eigenvalue weighted by molar-refractivity contribution is 0.211. The van der Waals surface area contributed by atoms with Gasteiger partial charge in [0.1, 0.15) is 88.3 Å². The lowest BCUT2D eigenvalue weighted by Crippen LogP contribution is -2.38. The van der Waals surface area contributed by atoms with Gasteiger partial charge >= 0.3 is 0 Å². The third-order valence-corrected chi connectivity index (χ3v) is 22.7. The van der Waals surface area contributed by atoms with Gasteiger partial charge in [-0.2, -0.15) is 15.8 Å². The van der Waals surface area contributed by atoms with Gasteiger partial charge in [-0.15, -0.1) is 45.3 Å². The van der Waals surface area contributed by atoms with E-state index in [2.05, 4.69) is 39.9 Å². The second-order valence-corrected chi connectivity index (χ2v) is 31.1. The van der Waals surface area contributed by atoms with Crippen molar-refractivity contribution < 1.29 is 51.4 Å². The first-order valence-electron chi connectivity index (χ1n) is 51.6. The second-order valence-electron chi connectivity index (χ2n) is 27.1. The normalized spacial score (nSPS) is 22.4. The van der Waals surface area contributed by atoms with E-state index in [0.717, 1.165) is 56.0 Å². The number of benzene rings is 4. The van der Waals surface area contributed by atoms with E-state index in [-0.39, 0.29) is 237 Å². The molecule has 16 rings (SSSR count). The van der Waals surface area contributed by atoms with Gasteiger partial charge in [-0.3, -0.25) is 19.6 Å². The van der Waals surface area contributed by atoms with E-state index in [1.165, 1.54) is 59.6 Å². The lowest BCUT2D eigenvalue weighted by atomic mass is 10.0. The number of nitriles is 3. The van der Waals surface area contributed by atoms with Crippen LogP contribution in [0.25, 0.3) is 40.9 Å². The Bertz CT molecular complexity index is 6990. The van der Waals surface area contributed by atoms with E-state index in [4.69, 9.17) is 47.9 Å². The molecule has 0 spiro atoms. The van der Waals surface area contributed by atoms with Crippen molar-refractivity contribution in [3.63, 3.8) is 0 Å². The molecule has 12 aromatic rings. The van der Waals surface area contributed by atoms with Crippen LogP contribution < -0.4 is 21.2 Å². The van der Waals surface area contributed by atoms with Crippen molar-refractivity contribution in [2.75, 3.05) is 73.6 Å². The predicted octanol–water partition coefficient (Wildman–Crippen LogP) is 19.5. The van der Waals surface area contributed by atoms with Crippen molar-refractivity contribution in [2.45, 2.75) is 180 Å². The largest absolute Gasteiger partial charge is 0.367 e. The van der Waals surface area contributed by atoms with E-state index >= 15 is 0 Å². The van der Waals surface area contributed by atoms with Crippen molar-refractivity contribution >= 4 is 109 Å². The van der Waals surface area contributed by atoms with E-state index < -0.39 is 97.4 Å². The quantitative estimate of drug-likeness (QED) is 0.0555. The number of nitrogens with one attached hydrogen (secondary N) is 4. The number of nitrogens with zero attached hydrogens (tertiary/aromatic N) is 15. The van der Waals surface area contributed by atoms with Crippen molar-refractivity contribution in [3.05, 3.63) is 210 Å². The first-order chi connectivity index (χ1) is 66.6. The Kier molecular flexibility index (Phi) is 17.0. The molecule has 4 saturated heterocycles. The maximum atomic E-state index is 14.1. The molecule has 0 amide bonds. The van der Waals surface area contributed by atoms with Gasteiger partial charge in [-0.05, 0) is 170 Å². The van der Waals surface area contributed by atoms with E-state index in [0.29, 0.717) is 68.3 Å². The highest BCUT2D eigenvalue weighted by Gasteiger charge is 2.27.